The van der Waals surface area contributed by atoms with Gasteiger partial charge in [0.2, 0.25) is 0 Å². The Balaban J connectivity index is 2.03. The standard InChI is InChI=1S/C19H24N2O4/c1-5-20-19(23)15(4)25-18(22)9-8-16-11-13(2)21(14(16)3)12-17-7-6-10-24-17/h6-11,15H,5,12H2,1-4H3,(H,20,23)/b9-8+/t15-/m0/s1. The summed E-state index contributed by atoms with van der Waals surface area (Å²) in [7, 11) is 0. The molecule has 1 N–H and O–H groups in total. The number of carbonyl (C=O) groups is 2. The van der Waals surface area contributed by atoms with Crippen LogP contribution in [0.3, 0.4) is 0 Å². The minimum atomic E-state index is -0.816. The highest BCUT2D eigenvalue weighted by Crippen LogP contribution is 2.18. The van der Waals surface area contributed by atoms with Crippen LogP contribution in [0.5, 0.6) is 0 Å². The van der Waals surface area contributed by atoms with E-state index in [1.165, 1.54) is 6.08 Å². The number of esters is 1. The van der Waals surface area contributed by atoms with Crippen LogP contribution >= 0.6 is 0 Å². The van der Waals surface area contributed by atoms with Crippen molar-refractivity contribution >= 4 is 18.0 Å². The van der Waals surface area contributed by atoms with Crippen LogP contribution in [0, 0.1) is 13.8 Å². The largest absolute Gasteiger partial charge is 0.467 e. The average Bonchev–Trinajstić information content (AvgIpc) is 3.17. The first-order valence-electron chi connectivity index (χ1n) is 8.27. The third kappa shape index (κ3) is 4.86. The van der Waals surface area contributed by atoms with E-state index in [2.05, 4.69) is 9.88 Å². The van der Waals surface area contributed by atoms with E-state index >= 15 is 0 Å². The topological polar surface area (TPSA) is 73.5 Å². The third-order valence-corrected chi connectivity index (χ3v) is 3.92. The Bertz CT molecular complexity index is 757. The highest BCUT2D eigenvalue weighted by Gasteiger charge is 2.15. The number of amides is 1. The number of rotatable bonds is 7. The summed E-state index contributed by atoms with van der Waals surface area (Å²) in [4.78, 5) is 23.5. The highest BCUT2D eigenvalue weighted by atomic mass is 16.5. The lowest BCUT2D eigenvalue weighted by Crippen LogP contribution is -2.35. The maximum atomic E-state index is 11.9. The number of aromatic nitrogens is 1. The van der Waals surface area contributed by atoms with Crippen molar-refractivity contribution in [3.63, 3.8) is 0 Å². The molecule has 6 heteroatoms. The summed E-state index contributed by atoms with van der Waals surface area (Å²) in [5, 5.41) is 2.61. The number of hydrogen-bond donors (Lipinski definition) is 1. The van der Waals surface area contributed by atoms with Crippen LogP contribution in [0.1, 0.15) is 36.6 Å². The fourth-order valence-electron chi connectivity index (χ4n) is 2.54. The first-order valence-corrected chi connectivity index (χ1v) is 8.27. The van der Waals surface area contributed by atoms with Gasteiger partial charge in [0.05, 0.1) is 12.8 Å². The Kier molecular flexibility index (Phi) is 6.22. The zero-order chi connectivity index (χ0) is 18.4. The van der Waals surface area contributed by atoms with E-state index in [-0.39, 0.29) is 5.91 Å². The van der Waals surface area contributed by atoms with Crippen LogP contribution in [0.15, 0.2) is 35.0 Å². The smallest absolute Gasteiger partial charge is 0.331 e. The van der Waals surface area contributed by atoms with Crippen LogP contribution in [0.2, 0.25) is 0 Å². The molecule has 0 bridgehead atoms. The van der Waals surface area contributed by atoms with E-state index in [0.717, 1.165) is 22.7 Å². The van der Waals surface area contributed by atoms with E-state index in [1.54, 1.807) is 19.3 Å². The van der Waals surface area contributed by atoms with E-state index in [4.69, 9.17) is 9.15 Å². The van der Waals surface area contributed by atoms with Gasteiger partial charge in [0.1, 0.15) is 5.76 Å². The van der Waals surface area contributed by atoms with E-state index < -0.39 is 12.1 Å². The summed E-state index contributed by atoms with van der Waals surface area (Å²) in [6.45, 7) is 8.48. The molecule has 0 saturated carbocycles. The lowest BCUT2D eigenvalue weighted by molar-refractivity contribution is -0.150. The highest BCUT2D eigenvalue weighted by molar-refractivity contribution is 5.90. The maximum absolute atomic E-state index is 11.9. The Morgan fingerprint density at radius 1 is 1.40 bits per heavy atom. The number of aryl methyl sites for hydroxylation is 1. The van der Waals surface area contributed by atoms with Gasteiger partial charge in [-0.05, 0) is 57.5 Å². The average molecular weight is 344 g/mol. The minimum absolute atomic E-state index is 0.305. The molecule has 0 aromatic carbocycles. The quantitative estimate of drug-likeness (QED) is 0.619. The summed E-state index contributed by atoms with van der Waals surface area (Å²) >= 11 is 0. The van der Waals surface area contributed by atoms with Crippen molar-refractivity contribution < 1.29 is 18.7 Å². The molecule has 0 aliphatic rings. The summed E-state index contributed by atoms with van der Waals surface area (Å²) < 4.78 is 12.6. The van der Waals surface area contributed by atoms with Crippen molar-refractivity contribution in [2.45, 2.75) is 40.3 Å². The molecule has 0 spiro atoms. The molecule has 134 valence electrons. The third-order valence-electron chi connectivity index (χ3n) is 3.92. The zero-order valence-corrected chi connectivity index (χ0v) is 15.0. The Morgan fingerprint density at radius 2 is 2.16 bits per heavy atom. The molecular formula is C19H24N2O4. The lowest BCUT2D eigenvalue weighted by Gasteiger charge is -2.10. The molecular weight excluding hydrogens is 320 g/mol. The van der Waals surface area contributed by atoms with Crippen molar-refractivity contribution in [1.29, 1.82) is 0 Å². The van der Waals surface area contributed by atoms with Crippen molar-refractivity contribution in [3.8, 4) is 0 Å². The number of hydrogen-bond acceptors (Lipinski definition) is 4. The molecule has 1 atom stereocenters. The second-order valence-electron chi connectivity index (χ2n) is 5.80. The van der Waals surface area contributed by atoms with Crippen LogP contribution in [0.4, 0.5) is 0 Å². The van der Waals surface area contributed by atoms with Crippen LogP contribution in [0.25, 0.3) is 6.08 Å². The molecule has 6 nitrogen and oxygen atoms in total. The predicted octanol–water partition coefficient (Wildman–Crippen LogP) is 2.83. The van der Waals surface area contributed by atoms with Crippen LogP contribution in [-0.4, -0.2) is 29.1 Å². The molecule has 2 heterocycles. The maximum Gasteiger partial charge on any atom is 0.331 e. The molecule has 0 fully saturated rings. The van der Waals surface area contributed by atoms with Gasteiger partial charge in [-0.15, -0.1) is 0 Å². The van der Waals surface area contributed by atoms with Gasteiger partial charge in [-0.1, -0.05) is 0 Å². The van der Waals surface area contributed by atoms with Gasteiger partial charge in [0, 0.05) is 24.0 Å². The fraction of sp³-hybridized carbons (Fsp3) is 0.368. The Labute approximate surface area is 147 Å². The van der Waals surface area contributed by atoms with Gasteiger partial charge in [-0.3, -0.25) is 4.79 Å². The first-order chi connectivity index (χ1) is 11.9. The number of likely N-dealkylation sites (N-methyl/N-ethyl adjacent to an activating group) is 1. The molecule has 0 saturated heterocycles. The molecule has 0 aliphatic heterocycles. The second-order valence-corrected chi connectivity index (χ2v) is 5.80. The van der Waals surface area contributed by atoms with Crippen molar-refractivity contribution in [1.82, 2.24) is 9.88 Å². The zero-order valence-electron chi connectivity index (χ0n) is 15.0. The Morgan fingerprint density at radius 3 is 2.80 bits per heavy atom. The van der Waals surface area contributed by atoms with Gasteiger partial charge in [0.25, 0.3) is 5.91 Å². The van der Waals surface area contributed by atoms with E-state index in [1.807, 2.05) is 39.0 Å². The number of nitrogens with one attached hydrogen (secondary N) is 1. The Hall–Kier alpha value is -2.76. The number of ether oxygens (including phenoxy) is 1. The van der Waals surface area contributed by atoms with Gasteiger partial charge < -0.3 is 19.0 Å². The lowest BCUT2D eigenvalue weighted by atomic mass is 10.2. The summed E-state index contributed by atoms with van der Waals surface area (Å²) in [5.41, 5.74) is 3.01. The minimum Gasteiger partial charge on any atom is -0.467 e. The van der Waals surface area contributed by atoms with Crippen molar-refractivity contribution in [2.75, 3.05) is 6.54 Å². The van der Waals surface area contributed by atoms with Crippen molar-refractivity contribution in [3.05, 3.63) is 53.2 Å². The molecule has 1 amide bonds. The van der Waals surface area contributed by atoms with E-state index in [0.29, 0.717) is 13.1 Å². The summed E-state index contributed by atoms with van der Waals surface area (Å²) in [6.07, 6.45) is 3.88. The monoisotopic (exact) mass is 344 g/mol. The van der Waals surface area contributed by atoms with Gasteiger partial charge in [0.15, 0.2) is 6.10 Å². The van der Waals surface area contributed by atoms with Gasteiger partial charge in [-0.2, -0.15) is 0 Å². The van der Waals surface area contributed by atoms with Crippen LogP contribution in [-0.2, 0) is 20.9 Å². The summed E-state index contributed by atoms with van der Waals surface area (Å²) in [5.74, 6) is 0.0166. The second kappa shape index (κ2) is 8.37. The summed E-state index contributed by atoms with van der Waals surface area (Å²) in [6, 6.07) is 5.78. The van der Waals surface area contributed by atoms with Gasteiger partial charge >= 0.3 is 5.97 Å². The van der Waals surface area contributed by atoms with Crippen molar-refractivity contribution in [2.24, 2.45) is 0 Å². The van der Waals surface area contributed by atoms with E-state index in [9.17, 15) is 9.59 Å². The molecule has 2 aromatic rings. The molecule has 0 radical (unpaired) electrons. The molecule has 25 heavy (non-hydrogen) atoms. The number of furan rings is 1. The molecule has 0 aliphatic carbocycles. The number of carbonyl (C=O) groups excluding carboxylic acids is 2. The first kappa shape index (κ1) is 18.6. The number of nitrogens with zero attached hydrogens (tertiary/aromatic N) is 1. The molecule has 0 unspecified atom stereocenters. The van der Waals surface area contributed by atoms with Gasteiger partial charge in [-0.25, -0.2) is 4.79 Å². The fourth-order valence-corrected chi connectivity index (χ4v) is 2.54. The normalized spacial score (nSPS) is 12.3. The molecule has 2 rings (SSSR count). The SMILES string of the molecule is CCNC(=O)[C@H](C)OC(=O)/C=C/c1cc(C)n(Cc2ccco2)c1C. The van der Waals surface area contributed by atoms with Crippen LogP contribution < -0.4 is 5.32 Å². The molecule has 2 aromatic heterocycles. The predicted molar refractivity (Wildman–Crippen MR) is 95.0 cm³/mol.